The Morgan fingerprint density at radius 2 is 2.08 bits per heavy atom. The summed E-state index contributed by atoms with van der Waals surface area (Å²) in [6, 6.07) is 6.59. The molecule has 1 aromatic carbocycles. The number of para-hydroxylation sites is 1. The third-order valence-electron chi connectivity index (χ3n) is 8.59. The minimum Gasteiger partial charge on any atom is -0.383 e. The second kappa shape index (κ2) is 9.72. The number of rotatable bonds is 7. The van der Waals surface area contributed by atoms with Gasteiger partial charge in [0.15, 0.2) is 6.80 Å². The van der Waals surface area contributed by atoms with E-state index in [1.54, 1.807) is 25.1 Å². The van der Waals surface area contributed by atoms with Crippen molar-refractivity contribution in [3.63, 3.8) is 0 Å². The first-order valence-corrected chi connectivity index (χ1v) is 12.8. The molecule has 0 aromatic heterocycles. The molecule has 3 fully saturated rings. The van der Waals surface area contributed by atoms with Crippen LogP contribution in [0.3, 0.4) is 0 Å². The smallest absolute Gasteiger partial charge is 0.251 e. The highest BCUT2D eigenvalue weighted by atomic mass is 19.1. The van der Waals surface area contributed by atoms with Crippen LogP contribution in [-0.4, -0.2) is 87.1 Å². The van der Waals surface area contributed by atoms with Gasteiger partial charge in [-0.3, -0.25) is 24.6 Å². The van der Waals surface area contributed by atoms with Gasteiger partial charge in [-0.15, -0.1) is 0 Å². The van der Waals surface area contributed by atoms with E-state index >= 15 is 0 Å². The van der Waals surface area contributed by atoms with Crippen LogP contribution >= 0.6 is 0 Å². The van der Waals surface area contributed by atoms with Crippen molar-refractivity contribution in [2.24, 2.45) is 0 Å². The van der Waals surface area contributed by atoms with Crippen LogP contribution in [0.25, 0.3) is 0 Å². The van der Waals surface area contributed by atoms with Crippen molar-refractivity contribution in [3.05, 3.63) is 29.8 Å². The highest BCUT2D eigenvalue weighted by Gasteiger charge is 2.70. The highest BCUT2D eigenvalue weighted by molar-refractivity contribution is 6.10. The number of amides is 3. The summed E-state index contributed by atoms with van der Waals surface area (Å²) < 4.78 is 24.8. The summed E-state index contributed by atoms with van der Waals surface area (Å²) >= 11 is 0. The molecular weight excluding hydrogens is 467 g/mol. The van der Waals surface area contributed by atoms with Crippen LogP contribution in [0.4, 0.5) is 10.1 Å². The van der Waals surface area contributed by atoms with Crippen molar-refractivity contribution in [1.29, 1.82) is 0 Å². The Morgan fingerprint density at radius 3 is 2.72 bits per heavy atom. The van der Waals surface area contributed by atoms with Crippen molar-refractivity contribution in [1.82, 2.24) is 15.5 Å². The number of hydrogen-bond acceptors (Lipinski definition) is 6. The minimum absolute atomic E-state index is 0.0843. The fourth-order valence-electron chi connectivity index (χ4n) is 6.52. The molecule has 1 aliphatic carbocycles. The van der Waals surface area contributed by atoms with E-state index in [0.717, 1.165) is 24.8 Å². The number of anilines is 1. The number of carbonyl (C=O) groups excluding carboxylic acids is 3. The van der Waals surface area contributed by atoms with E-state index < -0.39 is 29.9 Å². The lowest BCUT2D eigenvalue weighted by Crippen LogP contribution is -2.63. The molecule has 4 aliphatic rings. The van der Waals surface area contributed by atoms with Crippen molar-refractivity contribution >= 4 is 23.4 Å². The normalized spacial score (nSPS) is 30.4. The van der Waals surface area contributed by atoms with Gasteiger partial charge in [-0.25, -0.2) is 4.39 Å². The maximum Gasteiger partial charge on any atom is 0.251 e. The number of nitrogens with one attached hydrogen (secondary N) is 2. The maximum absolute atomic E-state index is 14.0. The average Bonchev–Trinajstić information content (AvgIpc) is 3.37. The molecule has 3 aliphatic heterocycles. The van der Waals surface area contributed by atoms with Gasteiger partial charge in [0.05, 0.1) is 36.4 Å². The first-order chi connectivity index (χ1) is 17.4. The Kier molecular flexibility index (Phi) is 6.78. The largest absolute Gasteiger partial charge is 0.383 e. The Hall–Kier alpha value is -2.56. The molecule has 10 heteroatoms. The lowest BCUT2D eigenvalue weighted by molar-refractivity contribution is -0.147. The standard InChI is InChI=1S/C26H35FN4O5/c1-30(12-13-35-2)23(33)21-9-8-17(15-36-21)28-22(32)19-14-26(25(29-19)10-5-11-25)18-6-3-4-7-20(18)31(16-27)24(26)34/h3-4,6-7,17,19,21,29H,5,8-16H2,1-2H3,(H,28,32)/t17-,19?,21+,26?/m1/s1. The molecule has 2 unspecified atom stereocenters. The van der Waals surface area contributed by atoms with E-state index in [0.29, 0.717) is 38.1 Å². The van der Waals surface area contributed by atoms with Gasteiger partial charge in [0, 0.05) is 26.2 Å². The first kappa shape index (κ1) is 25.1. The fraction of sp³-hybridized carbons (Fsp3) is 0.654. The fourth-order valence-corrected chi connectivity index (χ4v) is 6.52. The molecule has 0 radical (unpaired) electrons. The molecule has 2 saturated heterocycles. The van der Waals surface area contributed by atoms with E-state index in [1.807, 2.05) is 18.2 Å². The number of ether oxygens (including phenoxy) is 2. The Labute approximate surface area is 210 Å². The van der Waals surface area contributed by atoms with Crippen LogP contribution in [0.15, 0.2) is 24.3 Å². The van der Waals surface area contributed by atoms with Crippen LogP contribution in [0.5, 0.6) is 0 Å². The Morgan fingerprint density at radius 1 is 1.31 bits per heavy atom. The van der Waals surface area contributed by atoms with Crippen LogP contribution in [-0.2, 0) is 29.3 Å². The molecule has 0 bridgehead atoms. The summed E-state index contributed by atoms with van der Waals surface area (Å²) in [5.74, 6) is -0.523. The van der Waals surface area contributed by atoms with E-state index in [1.165, 1.54) is 4.90 Å². The van der Waals surface area contributed by atoms with E-state index in [9.17, 15) is 18.8 Å². The molecule has 3 heterocycles. The van der Waals surface area contributed by atoms with Crippen LogP contribution in [0.2, 0.25) is 0 Å². The second-order valence-corrected chi connectivity index (χ2v) is 10.5. The molecule has 1 aromatic rings. The van der Waals surface area contributed by atoms with Crippen LogP contribution < -0.4 is 15.5 Å². The third kappa shape index (κ3) is 3.81. The number of carbonyl (C=O) groups is 3. The molecule has 3 amide bonds. The van der Waals surface area contributed by atoms with Gasteiger partial charge in [0.1, 0.15) is 6.10 Å². The number of alkyl halides is 1. The van der Waals surface area contributed by atoms with Crippen LogP contribution in [0, 0.1) is 0 Å². The van der Waals surface area contributed by atoms with Gasteiger partial charge in [0.2, 0.25) is 11.8 Å². The molecule has 2 spiro atoms. The summed E-state index contributed by atoms with van der Waals surface area (Å²) in [4.78, 5) is 42.4. The minimum atomic E-state index is -0.941. The number of nitrogens with zero attached hydrogens (tertiary/aromatic N) is 2. The van der Waals surface area contributed by atoms with E-state index in [-0.39, 0.29) is 30.4 Å². The lowest BCUT2D eigenvalue weighted by Gasteiger charge is -2.49. The molecule has 1 saturated carbocycles. The lowest BCUT2D eigenvalue weighted by atomic mass is 9.57. The number of halogens is 1. The maximum atomic E-state index is 14.0. The summed E-state index contributed by atoms with van der Waals surface area (Å²) in [7, 11) is 3.32. The Balaban J connectivity index is 1.25. The van der Waals surface area contributed by atoms with Crippen molar-refractivity contribution in [3.8, 4) is 0 Å². The topological polar surface area (TPSA) is 100 Å². The second-order valence-electron chi connectivity index (χ2n) is 10.5. The first-order valence-electron chi connectivity index (χ1n) is 12.8. The highest BCUT2D eigenvalue weighted by Crippen LogP contribution is 2.60. The summed E-state index contributed by atoms with van der Waals surface area (Å²) in [5, 5.41) is 6.58. The zero-order chi connectivity index (χ0) is 25.5. The number of benzene rings is 1. The predicted octanol–water partition coefficient (Wildman–Crippen LogP) is 1.25. The molecule has 9 nitrogen and oxygen atoms in total. The van der Waals surface area contributed by atoms with Crippen molar-refractivity contribution in [2.45, 2.75) is 67.7 Å². The van der Waals surface area contributed by atoms with Gasteiger partial charge in [0.25, 0.3) is 5.91 Å². The van der Waals surface area contributed by atoms with Gasteiger partial charge in [-0.2, -0.15) is 0 Å². The average molecular weight is 503 g/mol. The molecule has 2 N–H and O–H groups in total. The third-order valence-corrected chi connectivity index (χ3v) is 8.59. The zero-order valence-electron chi connectivity index (χ0n) is 20.9. The van der Waals surface area contributed by atoms with Crippen LogP contribution in [0.1, 0.15) is 44.1 Å². The van der Waals surface area contributed by atoms with Gasteiger partial charge in [-0.1, -0.05) is 18.2 Å². The molecule has 4 atom stereocenters. The summed E-state index contributed by atoms with van der Waals surface area (Å²) in [5.41, 5.74) is -0.0657. The molecular formula is C26H35FN4O5. The Bertz CT molecular complexity index is 1030. The number of methoxy groups -OCH3 is 1. The quantitative estimate of drug-likeness (QED) is 0.545. The van der Waals surface area contributed by atoms with Gasteiger partial charge >= 0.3 is 0 Å². The molecule has 36 heavy (non-hydrogen) atoms. The SMILES string of the molecule is COCCN(C)C(=O)[C@@H]1CC[C@@H](NC(=O)C2CC3(C(=O)N(CF)c4ccccc43)C3(CCC3)N2)CO1. The van der Waals surface area contributed by atoms with E-state index in [4.69, 9.17) is 9.47 Å². The summed E-state index contributed by atoms with van der Waals surface area (Å²) in [6.07, 6.45) is 3.41. The number of hydrogen-bond donors (Lipinski definition) is 2. The van der Waals surface area contributed by atoms with Gasteiger partial charge in [-0.05, 0) is 50.2 Å². The van der Waals surface area contributed by atoms with Crippen molar-refractivity contribution < 1.29 is 28.2 Å². The summed E-state index contributed by atoms with van der Waals surface area (Å²) in [6.45, 7) is 0.320. The molecule has 196 valence electrons. The van der Waals surface area contributed by atoms with E-state index in [2.05, 4.69) is 10.6 Å². The number of fused-ring (bicyclic) bond motifs is 3. The predicted molar refractivity (Wildman–Crippen MR) is 130 cm³/mol. The van der Waals surface area contributed by atoms with Crippen molar-refractivity contribution in [2.75, 3.05) is 45.6 Å². The zero-order valence-corrected chi connectivity index (χ0v) is 20.9. The monoisotopic (exact) mass is 502 g/mol. The van der Waals surface area contributed by atoms with Gasteiger partial charge < -0.3 is 19.7 Å². The number of likely N-dealkylation sites (N-methyl/N-ethyl adjacent to an activating group) is 1. The molecule has 5 rings (SSSR count).